The van der Waals surface area contributed by atoms with Crippen molar-refractivity contribution in [3.63, 3.8) is 0 Å². The van der Waals surface area contributed by atoms with Gasteiger partial charge < -0.3 is 10.1 Å². The third-order valence-corrected chi connectivity index (χ3v) is 3.73. The number of methoxy groups -OCH3 is 1. The van der Waals surface area contributed by atoms with E-state index < -0.39 is 0 Å². The Kier molecular flexibility index (Phi) is 5.15. The zero-order chi connectivity index (χ0) is 14.5. The quantitative estimate of drug-likeness (QED) is 0.878. The maximum absolute atomic E-state index is 13.7. The molecule has 0 heterocycles. The molecule has 2 rings (SSSR count). The molecule has 0 amide bonds. The molecule has 0 bridgehead atoms. The summed E-state index contributed by atoms with van der Waals surface area (Å²) in [5.74, 6) is 0.217. The Hall–Kier alpha value is -1.39. The van der Waals surface area contributed by atoms with Gasteiger partial charge in [0.25, 0.3) is 0 Å². The van der Waals surface area contributed by atoms with Crippen LogP contribution in [0.25, 0.3) is 0 Å². The van der Waals surface area contributed by atoms with Gasteiger partial charge in [-0.25, -0.2) is 4.39 Å². The van der Waals surface area contributed by atoms with Crippen molar-refractivity contribution in [3.05, 3.63) is 63.9 Å². The van der Waals surface area contributed by atoms with Crippen LogP contribution >= 0.6 is 15.9 Å². The van der Waals surface area contributed by atoms with Gasteiger partial charge in [-0.05, 0) is 34.1 Å². The van der Waals surface area contributed by atoms with Gasteiger partial charge in [0.05, 0.1) is 17.6 Å². The molecule has 0 aliphatic rings. The molecular weight excluding hydrogens is 321 g/mol. The summed E-state index contributed by atoms with van der Waals surface area (Å²) in [7, 11) is 1.56. The molecule has 0 saturated heterocycles. The van der Waals surface area contributed by atoms with E-state index in [1.54, 1.807) is 13.2 Å². The van der Waals surface area contributed by atoms with Gasteiger partial charge in [0.15, 0.2) is 0 Å². The maximum atomic E-state index is 13.7. The molecule has 2 aromatic carbocycles. The average molecular weight is 338 g/mol. The maximum Gasteiger partial charge on any atom is 0.141 e. The van der Waals surface area contributed by atoms with E-state index in [2.05, 4.69) is 21.2 Å². The fourth-order valence-corrected chi connectivity index (χ4v) is 2.56. The van der Waals surface area contributed by atoms with Crippen LogP contribution in [0.2, 0.25) is 0 Å². The van der Waals surface area contributed by atoms with Gasteiger partial charge in [-0.3, -0.25) is 0 Å². The zero-order valence-corrected chi connectivity index (χ0v) is 13.1. The highest BCUT2D eigenvalue weighted by Crippen LogP contribution is 2.34. The first-order valence-corrected chi connectivity index (χ1v) is 7.28. The molecule has 0 radical (unpaired) electrons. The molecular formula is C16H17BrFNO. The van der Waals surface area contributed by atoms with Crippen molar-refractivity contribution in [1.82, 2.24) is 5.32 Å². The molecule has 20 heavy (non-hydrogen) atoms. The minimum Gasteiger partial charge on any atom is -0.496 e. The number of ether oxygens (including phenoxy) is 1. The van der Waals surface area contributed by atoms with E-state index in [9.17, 15) is 4.39 Å². The summed E-state index contributed by atoms with van der Waals surface area (Å²) >= 11 is 3.24. The van der Waals surface area contributed by atoms with Crippen molar-refractivity contribution in [1.29, 1.82) is 0 Å². The lowest BCUT2D eigenvalue weighted by Gasteiger charge is -2.21. The smallest absolute Gasteiger partial charge is 0.141 e. The highest BCUT2D eigenvalue weighted by molar-refractivity contribution is 9.10. The largest absolute Gasteiger partial charge is 0.496 e. The van der Waals surface area contributed by atoms with Crippen LogP contribution < -0.4 is 10.1 Å². The van der Waals surface area contributed by atoms with Crippen molar-refractivity contribution in [2.24, 2.45) is 0 Å². The van der Waals surface area contributed by atoms with Crippen molar-refractivity contribution < 1.29 is 9.13 Å². The lowest BCUT2D eigenvalue weighted by Crippen LogP contribution is -2.22. The summed E-state index contributed by atoms with van der Waals surface area (Å²) in [4.78, 5) is 0. The Labute approximate surface area is 127 Å². The summed E-state index contributed by atoms with van der Waals surface area (Å²) in [6, 6.07) is 13.2. The van der Waals surface area contributed by atoms with Gasteiger partial charge in [0.1, 0.15) is 11.6 Å². The summed E-state index contributed by atoms with van der Waals surface area (Å²) < 4.78 is 19.4. The minimum atomic E-state index is -0.325. The third kappa shape index (κ3) is 3.19. The Balaban J connectivity index is 2.52. The monoisotopic (exact) mass is 337 g/mol. The molecule has 2 aromatic rings. The number of nitrogens with one attached hydrogen (secondary N) is 1. The second kappa shape index (κ2) is 6.86. The second-order valence-corrected chi connectivity index (χ2v) is 5.26. The van der Waals surface area contributed by atoms with Crippen molar-refractivity contribution >= 4 is 15.9 Å². The van der Waals surface area contributed by atoms with Crippen molar-refractivity contribution in [2.75, 3.05) is 13.7 Å². The molecule has 0 spiro atoms. The van der Waals surface area contributed by atoms with Gasteiger partial charge in [-0.2, -0.15) is 0 Å². The molecule has 0 fully saturated rings. The minimum absolute atomic E-state index is 0.0342. The predicted octanol–water partition coefficient (Wildman–Crippen LogP) is 4.30. The first kappa shape index (κ1) is 15.0. The van der Waals surface area contributed by atoms with Gasteiger partial charge in [-0.1, -0.05) is 37.3 Å². The SMILES string of the molecule is CCNC(c1ccccc1)c1cc(Br)c(F)cc1OC. The van der Waals surface area contributed by atoms with E-state index in [0.717, 1.165) is 17.7 Å². The Morgan fingerprint density at radius 3 is 2.55 bits per heavy atom. The normalized spacial score (nSPS) is 12.2. The first-order valence-electron chi connectivity index (χ1n) is 6.48. The Morgan fingerprint density at radius 1 is 1.25 bits per heavy atom. The lowest BCUT2D eigenvalue weighted by atomic mass is 9.97. The fourth-order valence-electron chi connectivity index (χ4n) is 2.20. The molecule has 0 aliphatic carbocycles. The van der Waals surface area contributed by atoms with E-state index in [1.807, 2.05) is 37.3 Å². The number of hydrogen-bond donors (Lipinski definition) is 1. The van der Waals surface area contributed by atoms with Crippen LogP contribution in [0.5, 0.6) is 5.75 Å². The first-order chi connectivity index (χ1) is 9.67. The predicted molar refractivity (Wildman–Crippen MR) is 82.6 cm³/mol. The highest BCUT2D eigenvalue weighted by atomic mass is 79.9. The van der Waals surface area contributed by atoms with E-state index >= 15 is 0 Å². The van der Waals surface area contributed by atoms with Crippen LogP contribution in [0.1, 0.15) is 24.1 Å². The fraction of sp³-hybridized carbons (Fsp3) is 0.250. The standard InChI is InChI=1S/C16H17BrFNO/c1-3-19-16(11-7-5-4-6-8-11)12-9-13(17)14(18)10-15(12)20-2/h4-10,16,19H,3H2,1-2H3. The topological polar surface area (TPSA) is 21.3 Å². The molecule has 0 aliphatic heterocycles. The van der Waals surface area contributed by atoms with Gasteiger partial charge in [0, 0.05) is 11.6 Å². The van der Waals surface area contributed by atoms with Crippen LogP contribution in [0, 0.1) is 5.82 Å². The molecule has 2 nitrogen and oxygen atoms in total. The Bertz CT molecular complexity index is 574. The summed E-state index contributed by atoms with van der Waals surface area (Å²) in [6.07, 6.45) is 0. The second-order valence-electron chi connectivity index (χ2n) is 4.41. The number of benzene rings is 2. The molecule has 1 unspecified atom stereocenters. The van der Waals surface area contributed by atoms with E-state index in [4.69, 9.17) is 4.74 Å². The van der Waals surface area contributed by atoms with Crippen LogP contribution in [-0.4, -0.2) is 13.7 Å². The summed E-state index contributed by atoms with van der Waals surface area (Å²) in [6.45, 7) is 2.85. The zero-order valence-electron chi connectivity index (χ0n) is 11.5. The third-order valence-electron chi connectivity index (χ3n) is 3.12. The van der Waals surface area contributed by atoms with Gasteiger partial charge >= 0.3 is 0 Å². The van der Waals surface area contributed by atoms with Gasteiger partial charge in [-0.15, -0.1) is 0 Å². The van der Waals surface area contributed by atoms with E-state index in [-0.39, 0.29) is 11.9 Å². The Morgan fingerprint density at radius 2 is 1.95 bits per heavy atom. The molecule has 106 valence electrons. The number of halogens is 2. The highest BCUT2D eigenvalue weighted by Gasteiger charge is 2.19. The van der Waals surface area contributed by atoms with Crippen molar-refractivity contribution in [2.45, 2.75) is 13.0 Å². The number of hydrogen-bond acceptors (Lipinski definition) is 2. The summed E-state index contributed by atoms with van der Waals surface area (Å²) in [5, 5.41) is 3.41. The lowest BCUT2D eigenvalue weighted by molar-refractivity contribution is 0.400. The number of rotatable bonds is 5. The molecule has 1 atom stereocenters. The molecule has 1 N–H and O–H groups in total. The van der Waals surface area contributed by atoms with E-state index in [0.29, 0.717) is 10.2 Å². The average Bonchev–Trinajstić information content (AvgIpc) is 2.48. The van der Waals surface area contributed by atoms with Crippen LogP contribution in [0.4, 0.5) is 4.39 Å². The van der Waals surface area contributed by atoms with Crippen LogP contribution in [-0.2, 0) is 0 Å². The van der Waals surface area contributed by atoms with Crippen LogP contribution in [0.3, 0.4) is 0 Å². The summed E-state index contributed by atoms with van der Waals surface area (Å²) in [5.41, 5.74) is 2.03. The van der Waals surface area contributed by atoms with Gasteiger partial charge in [0.2, 0.25) is 0 Å². The molecule has 0 aromatic heterocycles. The molecule has 0 saturated carbocycles. The van der Waals surface area contributed by atoms with Crippen molar-refractivity contribution in [3.8, 4) is 5.75 Å². The molecule has 4 heteroatoms. The van der Waals surface area contributed by atoms with Crippen LogP contribution in [0.15, 0.2) is 46.9 Å². The van der Waals surface area contributed by atoms with E-state index in [1.165, 1.54) is 6.07 Å².